The summed E-state index contributed by atoms with van der Waals surface area (Å²) in [5.41, 5.74) is -2.34. The van der Waals surface area contributed by atoms with E-state index in [-0.39, 0.29) is 59.1 Å². The second kappa shape index (κ2) is 5.83. The molecule has 0 unspecified atom stereocenters. The van der Waals surface area contributed by atoms with Crippen LogP contribution >= 0.6 is 0 Å². The van der Waals surface area contributed by atoms with Gasteiger partial charge in [0.1, 0.15) is 5.78 Å². The van der Waals surface area contributed by atoms with Crippen LogP contribution in [0.1, 0.15) is 27.7 Å². The zero-order valence-electron chi connectivity index (χ0n) is 10.8. The Morgan fingerprint density at radius 3 is 1.69 bits per heavy atom. The minimum atomic E-state index is -1.72. The van der Waals surface area contributed by atoms with Crippen LogP contribution in [0.5, 0.6) is 0 Å². The van der Waals surface area contributed by atoms with Gasteiger partial charge in [0, 0.05) is 17.8 Å². The number of hydrogen-bond donors (Lipinski definition) is 0. The summed E-state index contributed by atoms with van der Waals surface area (Å²) in [5.74, 6) is -3.25. The fraction of sp³-hybridized carbons (Fsp3) is 0.800. The summed E-state index contributed by atoms with van der Waals surface area (Å²) in [6.45, 7) is 5.86. The van der Waals surface area contributed by atoms with E-state index in [1.807, 2.05) is 0 Å². The molecule has 0 aromatic carbocycles. The van der Waals surface area contributed by atoms with Gasteiger partial charge in [-0.3, -0.25) is 0 Å². The molecule has 0 N–H and O–H groups in total. The van der Waals surface area contributed by atoms with E-state index in [1.54, 1.807) is 13.8 Å². The quantitative estimate of drug-likeness (QED) is 0.462. The van der Waals surface area contributed by atoms with Crippen molar-refractivity contribution in [3.63, 3.8) is 0 Å². The van der Waals surface area contributed by atoms with E-state index in [0.717, 1.165) is 0 Å². The first kappa shape index (κ1) is 19.4. The van der Waals surface area contributed by atoms with Gasteiger partial charge in [0.2, 0.25) is 0 Å². The van der Waals surface area contributed by atoms with Gasteiger partial charge in [-0.15, -0.1) is 0 Å². The molecular formula is C10H14Na2O4. The second-order valence-electron chi connectivity index (χ2n) is 4.97. The van der Waals surface area contributed by atoms with Crippen molar-refractivity contribution >= 4 is 11.8 Å². The predicted octanol–water partition coefficient (Wildman–Crippen LogP) is -7.28. The van der Waals surface area contributed by atoms with Crippen LogP contribution in [0.25, 0.3) is 0 Å². The van der Waals surface area contributed by atoms with E-state index in [4.69, 9.17) is 0 Å². The molecule has 16 heavy (non-hydrogen) atoms. The number of hydrogen-bond acceptors (Lipinski definition) is 4. The molecule has 0 saturated heterocycles. The summed E-state index contributed by atoms with van der Waals surface area (Å²) in [6.07, 6.45) is 0. The Bertz CT molecular complexity index is 294. The smallest absolute Gasteiger partial charge is 0.844 e. The van der Waals surface area contributed by atoms with Gasteiger partial charge in [-0.05, 0) is 5.41 Å². The molecule has 0 aliphatic heterocycles. The third-order valence-electron chi connectivity index (χ3n) is 2.96. The summed E-state index contributed by atoms with van der Waals surface area (Å²) < 4.78 is 0. The fourth-order valence-electron chi connectivity index (χ4n) is 1.94. The van der Waals surface area contributed by atoms with Crippen molar-refractivity contribution in [3.05, 3.63) is 0 Å². The van der Waals surface area contributed by atoms with E-state index >= 15 is 0 Å². The molecule has 0 aromatic heterocycles. The first-order valence-corrected chi connectivity index (χ1v) is 4.55. The van der Waals surface area contributed by atoms with Gasteiger partial charge in [-0.1, -0.05) is 33.3 Å². The maximum absolute atomic E-state index is 11.6. The number of carbonyl (C=O) groups excluding carboxylic acids is 2. The molecule has 2 atom stereocenters. The molecule has 1 aliphatic carbocycles. The normalized spacial score (nSPS) is 26.1. The average Bonchev–Trinajstić information content (AvgIpc) is 2.49. The Hall–Kier alpha value is 1.10. The van der Waals surface area contributed by atoms with E-state index in [0.29, 0.717) is 0 Å². The van der Waals surface area contributed by atoms with Crippen LogP contribution in [0.2, 0.25) is 0 Å². The molecule has 0 spiro atoms. The van der Waals surface area contributed by atoms with E-state index < -0.39 is 34.6 Å². The van der Waals surface area contributed by atoms with Crippen molar-refractivity contribution in [2.24, 2.45) is 17.3 Å². The monoisotopic (exact) mass is 244 g/mol. The van der Waals surface area contributed by atoms with E-state index in [2.05, 4.69) is 0 Å². The summed E-state index contributed by atoms with van der Waals surface area (Å²) in [5, 5.41) is 22.0. The van der Waals surface area contributed by atoms with Crippen molar-refractivity contribution < 1.29 is 78.9 Å². The van der Waals surface area contributed by atoms with Crippen molar-refractivity contribution in [3.8, 4) is 0 Å². The summed E-state index contributed by atoms with van der Waals surface area (Å²) in [7, 11) is 0. The molecule has 0 heterocycles. The standard InChI is InChI=1S/C10H15O4.2Na/c1-9(2)5(6(9)8(12)13)7(11)10(3,4)14;;/h5-6H,1-4H3,(H,12,13);;/q-1;2*+1/p-1/t5-,6-;;/m0../s1. The Morgan fingerprint density at radius 1 is 1.12 bits per heavy atom. The van der Waals surface area contributed by atoms with Crippen molar-refractivity contribution in [2.45, 2.75) is 33.3 Å². The Balaban J connectivity index is 0. The molecule has 0 bridgehead atoms. The van der Waals surface area contributed by atoms with Crippen LogP contribution in [0, 0.1) is 17.3 Å². The first-order valence-electron chi connectivity index (χ1n) is 4.55. The Kier molecular flexibility index (Phi) is 7.08. The number of rotatable bonds is 3. The molecule has 80 valence electrons. The van der Waals surface area contributed by atoms with E-state index in [1.165, 1.54) is 13.8 Å². The number of carboxylic acid groups (broad SMARTS) is 1. The van der Waals surface area contributed by atoms with Gasteiger partial charge in [0.05, 0.1) is 0 Å². The van der Waals surface area contributed by atoms with Gasteiger partial charge in [0.15, 0.2) is 0 Å². The Labute approximate surface area is 140 Å². The summed E-state index contributed by atoms with van der Waals surface area (Å²) in [4.78, 5) is 22.2. The third-order valence-corrected chi connectivity index (χ3v) is 2.96. The number of ketones is 1. The summed E-state index contributed by atoms with van der Waals surface area (Å²) >= 11 is 0. The van der Waals surface area contributed by atoms with Crippen LogP contribution in [0.4, 0.5) is 0 Å². The average molecular weight is 244 g/mol. The van der Waals surface area contributed by atoms with Gasteiger partial charge in [-0.25, -0.2) is 0 Å². The zero-order valence-corrected chi connectivity index (χ0v) is 14.8. The van der Waals surface area contributed by atoms with Gasteiger partial charge >= 0.3 is 59.1 Å². The molecule has 0 radical (unpaired) electrons. The minimum absolute atomic E-state index is 0. The third kappa shape index (κ3) is 3.55. The molecule has 1 aliphatic rings. The van der Waals surface area contributed by atoms with Crippen molar-refractivity contribution in [1.29, 1.82) is 0 Å². The number of Topliss-reactive ketones (excluding diaryl/α,β-unsaturated/α-hetero) is 1. The maximum Gasteiger partial charge on any atom is 1.00 e. The van der Waals surface area contributed by atoms with Crippen molar-refractivity contribution in [2.75, 3.05) is 0 Å². The van der Waals surface area contributed by atoms with Crippen LogP contribution < -0.4 is 69.3 Å². The first-order chi connectivity index (χ1) is 6.10. The van der Waals surface area contributed by atoms with E-state index in [9.17, 15) is 19.8 Å². The number of carboxylic acids is 1. The minimum Gasteiger partial charge on any atom is -0.844 e. The van der Waals surface area contributed by atoms with Gasteiger partial charge < -0.3 is 19.8 Å². The maximum atomic E-state index is 11.6. The molecule has 1 fully saturated rings. The van der Waals surface area contributed by atoms with Crippen molar-refractivity contribution in [1.82, 2.24) is 0 Å². The summed E-state index contributed by atoms with van der Waals surface area (Å²) in [6, 6.07) is 0. The topological polar surface area (TPSA) is 80.3 Å². The Morgan fingerprint density at radius 2 is 1.50 bits per heavy atom. The SMILES string of the molecule is CC(C)([O-])C(=O)[C@@H]1[C@@H](C(=O)[O-])C1(C)C.[Na+].[Na+]. The molecule has 1 saturated carbocycles. The number of aliphatic carboxylic acids is 1. The predicted molar refractivity (Wildman–Crippen MR) is 44.9 cm³/mol. The largest absolute Gasteiger partial charge is 1.00 e. The molecule has 0 aromatic rings. The fourth-order valence-corrected chi connectivity index (χ4v) is 1.94. The molecule has 0 amide bonds. The second-order valence-corrected chi connectivity index (χ2v) is 4.97. The van der Waals surface area contributed by atoms with Crippen LogP contribution in [-0.2, 0) is 9.59 Å². The molecular weight excluding hydrogens is 230 g/mol. The van der Waals surface area contributed by atoms with Gasteiger partial charge in [0.25, 0.3) is 0 Å². The molecule has 1 rings (SSSR count). The van der Waals surface area contributed by atoms with Crippen LogP contribution in [0.3, 0.4) is 0 Å². The van der Waals surface area contributed by atoms with Gasteiger partial charge in [-0.2, -0.15) is 0 Å². The number of carbonyl (C=O) groups is 2. The van der Waals surface area contributed by atoms with Crippen LogP contribution in [-0.4, -0.2) is 17.4 Å². The molecule has 6 heteroatoms. The molecule has 4 nitrogen and oxygen atoms in total. The van der Waals surface area contributed by atoms with Crippen LogP contribution in [0.15, 0.2) is 0 Å². The zero-order chi connectivity index (χ0) is 11.3.